The second-order valence-electron chi connectivity index (χ2n) is 7.82. The van der Waals surface area contributed by atoms with Gasteiger partial charge >= 0.3 is 0 Å². The number of ketones is 1. The molecule has 4 rings (SSSR count). The molecule has 1 aliphatic rings. The molecular formula is C26H25NO3S. The fourth-order valence-corrected chi connectivity index (χ4v) is 4.72. The van der Waals surface area contributed by atoms with Gasteiger partial charge < -0.3 is 9.64 Å². The first-order chi connectivity index (χ1) is 15.0. The van der Waals surface area contributed by atoms with E-state index in [0.717, 1.165) is 11.1 Å². The highest BCUT2D eigenvalue weighted by Crippen LogP contribution is 2.43. The van der Waals surface area contributed by atoms with Crippen molar-refractivity contribution in [1.82, 2.24) is 0 Å². The van der Waals surface area contributed by atoms with Crippen molar-refractivity contribution in [2.24, 2.45) is 5.41 Å². The van der Waals surface area contributed by atoms with E-state index in [1.807, 2.05) is 84.4 Å². The molecule has 31 heavy (non-hydrogen) atoms. The number of hydrogen-bond donors (Lipinski definition) is 0. The van der Waals surface area contributed by atoms with Gasteiger partial charge in [-0.2, -0.15) is 11.3 Å². The van der Waals surface area contributed by atoms with Crippen molar-refractivity contribution in [3.8, 4) is 5.75 Å². The zero-order valence-corrected chi connectivity index (χ0v) is 18.5. The predicted molar refractivity (Wildman–Crippen MR) is 126 cm³/mol. The summed E-state index contributed by atoms with van der Waals surface area (Å²) in [5.41, 5.74) is 2.31. The number of allylic oxidation sites excluding steroid dienone is 1. The summed E-state index contributed by atoms with van der Waals surface area (Å²) in [7, 11) is 1.59. The van der Waals surface area contributed by atoms with Crippen LogP contribution in [0.1, 0.15) is 34.3 Å². The maximum Gasteiger partial charge on any atom is 0.241 e. The fourth-order valence-electron chi connectivity index (χ4n) is 4.09. The van der Waals surface area contributed by atoms with Gasteiger partial charge in [0.25, 0.3) is 0 Å². The number of aryl methyl sites for hydroxylation is 1. The van der Waals surface area contributed by atoms with Gasteiger partial charge in [0.15, 0.2) is 5.78 Å². The molecule has 2 aromatic carbocycles. The van der Waals surface area contributed by atoms with Crippen molar-refractivity contribution in [2.75, 3.05) is 18.6 Å². The largest absolute Gasteiger partial charge is 0.495 e. The van der Waals surface area contributed by atoms with Crippen LogP contribution in [0.4, 0.5) is 5.69 Å². The normalized spacial score (nSPS) is 18.6. The van der Waals surface area contributed by atoms with E-state index < -0.39 is 5.41 Å². The quantitative estimate of drug-likeness (QED) is 0.352. The van der Waals surface area contributed by atoms with Gasteiger partial charge in [0.2, 0.25) is 5.91 Å². The SMILES string of the molecule is COc1ccccc1N1CC[C@@](C/C=C/c2ccsc2)(C(=O)c2ccc(C)cc2)C1=O. The third kappa shape index (κ3) is 4.06. The number of carbonyl (C=O) groups is 2. The second-order valence-corrected chi connectivity index (χ2v) is 8.60. The van der Waals surface area contributed by atoms with E-state index >= 15 is 0 Å². The first-order valence-corrected chi connectivity index (χ1v) is 11.2. The predicted octanol–water partition coefficient (Wildman–Crippen LogP) is 5.77. The lowest BCUT2D eigenvalue weighted by Crippen LogP contribution is -2.40. The summed E-state index contributed by atoms with van der Waals surface area (Å²) in [5, 5.41) is 4.06. The molecule has 0 saturated carbocycles. The molecule has 0 spiro atoms. The molecule has 1 saturated heterocycles. The van der Waals surface area contributed by atoms with E-state index in [4.69, 9.17) is 4.74 Å². The number of Topliss-reactive ketones (excluding diaryl/α,β-unsaturated/α-hetero) is 1. The van der Waals surface area contributed by atoms with Crippen LogP contribution in [0.2, 0.25) is 0 Å². The summed E-state index contributed by atoms with van der Waals surface area (Å²) < 4.78 is 5.47. The van der Waals surface area contributed by atoms with Crippen LogP contribution >= 0.6 is 11.3 Å². The molecule has 5 heteroatoms. The fraction of sp³-hybridized carbons (Fsp3) is 0.231. The Kier molecular flexibility index (Phi) is 6.05. The van der Waals surface area contributed by atoms with Crippen LogP contribution in [-0.2, 0) is 4.79 Å². The van der Waals surface area contributed by atoms with E-state index in [2.05, 4.69) is 0 Å². The summed E-state index contributed by atoms with van der Waals surface area (Å²) in [6.45, 7) is 2.46. The zero-order chi connectivity index (χ0) is 21.8. The standard InChI is InChI=1S/C26H25NO3S/c1-19-9-11-21(12-10-19)24(28)26(14-5-6-20-13-17-31-18-20)15-16-27(25(26)29)22-7-3-4-8-23(22)30-2/h3-13,17-18H,14-16H2,1-2H3/b6-5+/t26-/m0/s1. The Hall–Kier alpha value is -3.18. The van der Waals surface area contributed by atoms with E-state index in [9.17, 15) is 9.59 Å². The van der Waals surface area contributed by atoms with Crippen LogP contribution in [0.15, 0.2) is 71.4 Å². The number of nitrogens with zero attached hydrogens (tertiary/aromatic N) is 1. The van der Waals surface area contributed by atoms with E-state index in [1.54, 1.807) is 23.3 Å². The number of thiophene rings is 1. The summed E-state index contributed by atoms with van der Waals surface area (Å²) in [5.74, 6) is 0.339. The number of rotatable bonds is 7. The summed E-state index contributed by atoms with van der Waals surface area (Å²) in [6, 6.07) is 16.9. The minimum Gasteiger partial charge on any atom is -0.495 e. The van der Waals surface area contributed by atoms with Crippen molar-refractivity contribution in [2.45, 2.75) is 19.8 Å². The molecular weight excluding hydrogens is 406 g/mol. The highest BCUT2D eigenvalue weighted by molar-refractivity contribution is 7.08. The molecule has 1 amide bonds. The van der Waals surface area contributed by atoms with Crippen LogP contribution in [0.5, 0.6) is 5.75 Å². The number of methoxy groups -OCH3 is 1. The van der Waals surface area contributed by atoms with E-state index in [0.29, 0.717) is 36.4 Å². The Morgan fingerprint density at radius 1 is 1.16 bits per heavy atom. The molecule has 1 aromatic heterocycles. The van der Waals surface area contributed by atoms with Gasteiger partial charge in [-0.25, -0.2) is 0 Å². The third-order valence-corrected chi connectivity index (χ3v) is 6.56. The van der Waals surface area contributed by atoms with Crippen molar-refractivity contribution in [1.29, 1.82) is 0 Å². The molecule has 3 aromatic rings. The number of benzene rings is 2. The van der Waals surface area contributed by atoms with Crippen molar-refractivity contribution in [3.05, 3.63) is 88.1 Å². The molecule has 0 aliphatic carbocycles. The number of carbonyl (C=O) groups excluding carboxylic acids is 2. The summed E-state index contributed by atoms with van der Waals surface area (Å²) >= 11 is 1.62. The van der Waals surface area contributed by atoms with Crippen LogP contribution < -0.4 is 9.64 Å². The van der Waals surface area contributed by atoms with Crippen LogP contribution in [0.3, 0.4) is 0 Å². The molecule has 158 valence electrons. The smallest absolute Gasteiger partial charge is 0.241 e. The Bertz CT molecular complexity index is 1100. The van der Waals surface area contributed by atoms with E-state index in [1.165, 1.54) is 0 Å². The van der Waals surface area contributed by atoms with E-state index in [-0.39, 0.29) is 11.7 Å². The summed E-state index contributed by atoms with van der Waals surface area (Å²) in [6.07, 6.45) is 4.77. The van der Waals surface area contributed by atoms with Gasteiger partial charge in [-0.3, -0.25) is 9.59 Å². The molecule has 4 nitrogen and oxygen atoms in total. The molecule has 0 bridgehead atoms. The highest BCUT2D eigenvalue weighted by Gasteiger charge is 2.52. The topological polar surface area (TPSA) is 46.6 Å². The van der Waals surface area contributed by atoms with Crippen LogP contribution in [0, 0.1) is 12.3 Å². The molecule has 1 fully saturated rings. The van der Waals surface area contributed by atoms with Crippen LogP contribution in [-0.4, -0.2) is 25.3 Å². The minimum absolute atomic E-state index is 0.120. The number of amides is 1. The lowest BCUT2D eigenvalue weighted by Gasteiger charge is -2.26. The number of anilines is 1. The van der Waals surface area contributed by atoms with Gasteiger partial charge in [-0.15, -0.1) is 0 Å². The average molecular weight is 432 g/mol. The monoisotopic (exact) mass is 431 g/mol. The van der Waals surface area contributed by atoms with Crippen LogP contribution in [0.25, 0.3) is 6.08 Å². The number of ether oxygens (including phenoxy) is 1. The van der Waals surface area contributed by atoms with Crippen molar-refractivity contribution in [3.63, 3.8) is 0 Å². The average Bonchev–Trinajstić information content (AvgIpc) is 3.43. The molecule has 1 atom stereocenters. The third-order valence-electron chi connectivity index (χ3n) is 5.86. The molecule has 1 aliphatic heterocycles. The minimum atomic E-state index is -1.12. The lowest BCUT2D eigenvalue weighted by molar-refractivity contribution is -0.123. The lowest BCUT2D eigenvalue weighted by atomic mass is 9.75. The van der Waals surface area contributed by atoms with Gasteiger partial charge in [0.1, 0.15) is 11.2 Å². The Morgan fingerprint density at radius 3 is 2.65 bits per heavy atom. The maximum atomic E-state index is 13.8. The number of para-hydroxylation sites is 2. The second kappa shape index (κ2) is 8.90. The molecule has 2 heterocycles. The Labute approximate surface area is 186 Å². The molecule has 0 radical (unpaired) electrons. The van der Waals surface area contributed by atoms with Crippen molar-refractivity contribution < 1.29 is 14.3 Å². The summed E-state index contributed by atoms with van der Waals surface area (Å²) in [4.78, 5) is 29.2. The highest BCUT2D eigenvalue weighted by atomic mass is 32.1. The van der Waals surface area contributed by atoms with Gasteiger partial charge in [-0.05, 0) is 54.3 Å². The van der Waals surface area contributed by atoms with Gasteiger partial charge in [0.05, 0.1) is 12.8 Å². The van der Waals surface area contributed by atoms with Gasteiger partial charge in [-0.1, -0.05) is 54.1 Å². The molecule has 0 unspecified atom stereocenters. The Morgan fingerprint density at radius 2 is 1.94 bits per heavy atom. The molecule has 0 N–H and O–H groups in total. The van der Waals surface area contributed by atoms with Crippen molar-refractivity contribution >= 4 is 34.8 Å². The number of hydrogen-bond acceptors (Lipinski definition) is 4. The maximum absolute atomic E-state index is 13.8. The van der Waals surface area contributed by atoms with Gasteiger partial charge in [0, 0.05) is 12.1 Å². The first kappa shape index (κ1) is 21.1. The zero-order valence-electron chi connectivity index (χ0n) is 17.7. The Balaban J connectivity index is 1.71. The first-order valence-electron chi connectivity index (χ1n) is 10.3.